The van der Waals surface area contributed by atoms with Gasteiger partial charge < -0.3 is 24.7 Å². The van der Waals surface area contributed by atoms with Crippen LogP contribution in [0.1, 0.15) is 39.1 Å². The molecule has 0 bridgehead atoms. The molecule has 0 radical (unpaired) electrons. The summed E-state index contributed by atoms with van der Waals surface area (Å²) in [5, 5.41) is 7.10. The highest BCUT2D eigenvalue weighted by Crippen LogP contribution is 2.38. The van der Waals surface area contributed by atoms with Crippen LogP contribution in [0.25, 0.3) is 31.8 Å². The summed E-state index contributed by atoms with van der Waals surface area (Å²) in [6.45, 7) is 8.74. The Morgan fingerprint density at radius 1 is 1.18 bits per heavy atom. The van der Waals surface area contributed by atoms with Gasteiger partial charge in [-0.1, -0.05) is 12.1 Å². The molecule has 0 fully saturated rings. The van der Waals surface area contributed by atoms with Crippen LogP contribution in [0, 0.1) is 0 Å². The second-order valence-electron chi connectivity index (χ2n) is 9.95. The summed E-state index contributed by atoms with van der Waals surface area (Å²) in [5.41, 5.74) is 10.1. The molecule has 11 heteroatoms. The van der Waals surface area contributed by atoms with Gasteiger partial charge in [-0.15, -0.1) is 11.3 Å². The standard InChI is InChI=1S/C27H31N7O3S/c1-6-33(26(35)37-27(2,3)4)15-21-31-22-23(34(21)14-16-7-9-17(36-5)10-8-16)24-19(30-25(22)28)13-20(38-24)18-11-12-29-32-18/h7-13H,6,14-15H2,1-5H3,(H2,28,30)(H,29,32). The van der Waals surface area contributed by atoms with Crippen molar-refractivity contribution in [3.05, 3.63) is 54.0 Å². The third-order valence-corrected chi connectivity index (χ3v) is 7.25. The topological polar surface area (TPSA) is 124 Å². The number of thiophene rings is 1. The van der Waals surface area contributed by atoms with Gasteiger partial charge in [-0.3, -0.25) is 5.10 Å². The van der Waals surface area contributed by atoms with E-state index in [9.17, 15) is 4.79 Å². The summed E-state index contributed by atoms with van der Waals surface area (Å²) in [6, 6.07) is 11.8. The number of nitrogens with two attached hydrogens (primary N) is 1. The van der Waals surface area contributed by atoms with E-state index < -0.39 is 11.7 Å². The van der Waals surface area contributed by atoms with Crippen molar-refractivity contribution < 1.29 is 14.3 Å². The Balaban J connectivity index is 1.66. The van der Waals surface area contributed by atoms with E-state index in [1.54, 1.807) is 29.5 Å². The lowest BCUT2D eigenvalue weighted by atomic mass is 10.2. The van der Waals surface area contributed by atoms with Crippen molar-refractivity contribution >= 4 is 44.5 Å². The third kappa shape index (κ3) is 5.01. The van der Waals surface area contributed by atoms with Gasteiger partial charge in [0.05, 0.1) is 40.0 Å². The number of methoxy groups -OCH3 is 1. The molecule has 5 rings (SSSR count). The van der Waals surface area contributed by atoms with E-state index in [2.05, 4.69) is 19.7 Å². The molecule has 0 aliphatic carbocycles. The average molecular weight is 534 g/mol. The molecule has 1 amide bonds. The quantitative estimate of drug-likeness (QED) is 0.286. The van der Waals surface area contributed by atoms with E-state index in [0.717, 1.165) is 37.6 Å². The molecule has 0 saturated heterocycles. The molecule has 4 heterocycles. The van der Waals surface area contributed by atoms with Gasteiger partial charge in [-0.25, -0.2) is 14.8 Å². The Morgan fingerprint density at radius 3 is 2.58 bits per heavy atom. The first kappa shape index (κ1) is 25.5. The van der Waals surface area contributed by atoms with Crippen LogP contribution < -0.4 is 10.5 Å². The minimum Gasteiger partial charge on any atom is -0.497 e. The number of aromatic amines is 1. The van der Waals surface area contributed by atoms with Crippen LogP contribution in [0.15, 0.2) is 42.6 Å². The third-order valence-electron chi connectivity index (χ3n) is 6.09. The predicted octanol–water partition coefficient (Wildman–Crippen LogP) is 5.43. The van der Waals surface area contributed by atoms with Crippen LogP contribution >= 0.6 is 11.3 Å². The van der Waals surface area contributed by atoms with E-state index in [1.165, 1.54) is 0 Å². The summed E-state index contributed by atoms with van der Waals surface area (Å²) in [6.07, 6.45) is 1.33. The summed E-state index contributed by atoms with van der Waals surface area (Å²) in [4.78, 5) is 25.2. The van der Waals surface area contributed by atoms with Crippen LogP contribution in [0.2, 0.25) is 0 Å². The highest BCUT2D eigenvalue weighted by molar-refractivity contribution is 7.23. The zero-order valence-electron chi connectivity index (χ0n) is 22.1. The normalized spacial score (nSPS) is 11.8. The number of nitrogen functional groups attached to an aromatic ring is 1. The number of aromatic nitrogens is 5. The number of amides is 1. The van der Waals surface area contributed by atoms with Crippen LogP contribution in [-0.2, 0) is 17.8 Å². The SMILES string of the molecule is CCN(Cc1nc2c(N)nc3cc(-c4ccn[nH]4)sc3c2n1Cc1ccc(OC)cc1)C(=O)OC(C)(C)C. The van der Waals surface area contributed by atoms with Gasteiger partial charge in [0, 0.05) is 19.3 Å². The van der Waals surface area contributed by atoms with Gasteiger partial charge >= 0.3 is 6.09 Å². The van der Waals surface area contributed by atoms with Crippen molar-refractivity contribution in [1.29, 1.82) is 0 Å². The minimum atomic E-state index is -0.603. The molecule has 0 aliphatic rings. The zero-order valence-corrected chi connectivity index (χ0v) is 22.9. The molecule has 0 spiro atoms. The number of carbonyl (C=O) groups excluding carboxylic acids is 1. The number of hydrogen-bond acceptors (Lipinski definition) is 8. The van der Waals surface area contributed by atoms with Gasteiger partial charge in [0.15, 0.2) is 5.82 Å². The predicted molar refractivity (Wildman–Crippen MR) is 149 cm³/mol. The Labute approximate surface area is 224 Å². The summed E-state index contributed by atoms with van der Waals surface area (Å²) in [5.74, 6) is 1.82. The number of carbonyl (C=O) groups is 1. The lowest BCUT2D eigenvalue weighted by Gasteiger charge is -2.26. The number of nitrogens with one attached hydrogen (secondary N) is 1. The van der Waals surface area contributed by atoms with E-state index >= 15 is 0 Å². The highest BCUT2D eigenvalue weighted by atomic mass is 32.1. The molecule has 0 unspecified atom stereocenters. The Kier molecular flexibility index (Phi) is 6.70. The molecule has 4 aromatic heterocycles. The van der Waals surface area contributed by atoms with E-state index in [1.807, 2.05) is 64.1 Å². The summed E-state index contributed by atoms with van der Waals surface area (Å²) >= 11 is 1.60. The van der Waals surface area contributed by atoms with Gasteiger partial charge in [0.2, 0.25) is 0 Å². The van der Waals surface area contributed by atoms with E-state index in [0.29, 0.717) is 30.2 Å². The van der Waals surface area contributed by atoms with Crippen molar-refractivity contribution in [2.24, 2.45) is 0 Å². The number of H-pyrrole nitrogens is 1. The maximum absolute atomic E-state index is 13.0. The molecule has 0 atom stereocenters. The average Bonchev–Trinajstić information content (AvgIpc) is 3.61. The van der Waals surface area contributed by atoms with E-state index in [4.69, 9.17) is 20.2 Å². The molecule has 38 heavy (non-hydrogen) atoms. The van der Waals surface area contributed by atoms with Gasteiger partial charge in [0.1, 0.15) is 22.7 Å². The Morgan fingerprint density at radius 2 is 1.95 bits per heavy atom. The highest BCUT2D eigenvalue weighted by Gasteiger charge is 2.25. The number of anilines is 1. The van der Waals surface area contributed by atoms with Crippen LogP contribution in [0.3, 0.4) is 0 Å². The van der Waals surface area contributed by atoms with Crippen molar-refractivity contribution in [3.8, 4) is 16.3 Å². The van der Waals surface area contributed by atoms with Crippen molar-refractivity contribution in [2.75, 3.05) is 19.4 Å². The molecule has 5 aromatic rings. The minimum absolute atomic E-state index is 0.260. The summed E-state index contributed by atoms with van der Waals surface area (Å²) < 4.78 is 14.1. The molecule has 1 aromatic carbocycles. The number of pyridine rings is 1. The monoisotopic (exact) mass is 533 g/mol. The van der Waals surface area contributed by atoms with Crippen molar-refractivity contribution in [1.82, 2.24) is 29.6 Å². The molecule has 10 nitrogen and oxygen atoms in total. The molecule has 0 aliphatic heterocycles. The Hall–Kier alpha value is -4.12. The number of fused-ring (bicyclic) bond motifs is 3. The maximum Gasteiger partial charge on any atom is 0.410 e. The lowest BCUT2D eigenvalue weighted by Crippen LogP contribution is -2.37. The zero-order chi connectivity index (χ0) is 27.0. The van der Waals surface area contributed by atoms with Crippen molar-refractivity contribution in [3.63, 3.8) is 0 Å². The fourth-order valence-corrected chi connectivity index (χ4v) is 5.38. The fraction of sp³-hybridized carbons (Fsp3) is 0.333. The number of rotatable bonds is 7. The first-order valence-electron chi connectivity index (χ1n) is 12.4. The van der Waals surface area contributed by atoms with Crippen molar-refractivity contribution in [2.45, 2.75) is 46.4 Å². The fourth-order valence-electron chi connectivity index (χ4n) is 4.26. The molecule has 3 N–H and O–H groups in total. The van der Waals surface area contributed by atoms with Gasteiger partial charge in [-0.2, -0.15) is 5.10 Å². The first-order chi connectivity index (χ1) is 18.2. The molecular weight excluding hydrogens is 502 g/mol. The number of hydrogen-bond donors (Lipinski definition) is 2. The van der Waals surface area contributed by atoms with Gasteiger partial charge in [-0.05, 0) is 57.5 Å². The van der Waals surface area contributed by atoms with E-state index in [-0.39, 0.29) is 6.54 Å². The van der Waals surface area contributed by atoms with Crippen LogP contribution in [0.5, 0.6) is 5.75 Å². The number of ether oxygens (including phenoxy) is 2. The maximum atomic E-state index is 13.0. The lowest BCUT2D eigenvalue weighted by molar-refractivity contribution is 0.0238. The van der Waals surface area contributed by atoms with Crippen LogP contribution in [-0.4, -0.2) is 55.0 Å². The second kappa shape index (κ2) is 9.97. The number of imidazole rings is 1. The molecule has 198 valence electrons. The smallest absolute Gasteiger partial charge is 0.410 e. The number of benzene rings is 1. The molecule has 0 saturated carbocycles. The Bertz CT molecular complexity index is 1580. The largest absolute Gasteiger partial charge is 0.497 e. The summed E-state index contributed by atoms with van der Waals surface area (Å²) in [7, 11) is 1.65. The number of nitrogens with zero attached hydrogens (tertiary/aromatic N) is 5. The first-order valence-corrected chi connectivity index (χ1v) is 13.2. The second-order valence-corrected chi connectivity index (χ2v) is 11.0. The molecular formula is C27H31N7O3S. The van der Waals surface area contributed by atoms with Crippen LogP contribution in [0.4, 0.5) is 10.6 Å². The van der Waals surface area contributed by atoms with Gasteiger partial charge in [0.25, 0.3) is 0 Å².